The van der Waals surface area contributed by atoms with E-state index in [4.69, 9.17) is 0 Å². The molecule has 0 fully saturated rings. The number of rotatable bonds is 4. The van der Waals surface area contributed by atoms with Crippen molar-refractivity contribution < 1.29 is 47.4 Å². The van der Waals surface area contributed by atoms with Crippen LogP contribution in [0.2, 0.25) is 0 Å². The molecule has 0 amide bonds. The van der Waals surface area contributed by atoms with Crippen LogP contribution < -0.4 is 24.8 Å². The van der Waals surface area contributed by atoms with Crippen molar-refractivity contribution in [2.75, 3.05) is 0 Å². The van der Waals surface area contributed by atoms with Crippen LogP contribution in [0.25, 0.3) is 0 Å². The molecule has 0 saturated carbocycles. The second-order valence-electron chi connectivity index (χ2n) is 5.57. The molecular weight excluding hydrogens is 503 g/mol. The van der Waals surface area contributed by atoms with Gasteiger partial charge in [0, 0.05) is 75.8 Å². The van der Waals surface area contributed by atoms with Crippen molar-refractivity contribution in [3.05, 3.63) is 74.9 Å². The van der Waals surface area contributed by atoms with Crippen LogP contribution in [-0.4, -0.2) is 43.7 Å². The molecule has 12 heteroatoms. The van der Waals surface area contributed by atoms with E-state index in [9.17, 15) is 0 Å². The molecule has 1 radical (unpaired) electrons. The first-order valence-electron chi connectivity index (χ1n) is 9.56. The zero-order chi connectivity index (χ0) is 20.5. The molecule has 0 aliphatic rings. The average Bonchev–Trinajstić information content (AvgIpc) is 3.57. The van der Waals surface area contributed by atoms with Gasteiger partial charge in [0.25, 0.3) is 0 Å². The maximum Gasteiger partial charge on any atom is 2.00 e. The van der Waals surface area contributed by atoms with E-state index in [-0.39, 0.29) is 47.4 Å². The molecule has 9 nitrogen and oxygen atoms in total. The SMILES string of the molecule is CCn1ccnc1.CCn1ccnc1.CCn1ccnc1.CCn1ccnc1.O.[Cl-].[Cl-].[Cu+2]. The molecule has 4 aromatic heterocycles. The van der Waals surface area contributed by atoms with Gasteiger partial charge in [0.15, 0.2) is 0 Å². The third kappa shape index (κ3) is 17.6. The Kier molecular flexibility index (Phi) is 29.3. The Bertz CT molecular complexity index is 643. The standard InChI is InChI=1S/4C5H8N2.2ClH.Cu.H2O/c4*1-2-7-4-3-6-5-7;;;;/h4*3-5H,2H2,1H3;2*1H;;1H2/q;;;;;;+2;/p-2. The second-order valence-corrected chi connectivity index (χ2v) is 5.57. The summed E-state index contributed by atoms with van der Waals surface area (Å²) in [6.45, 7) is 12.4. The summed E-state index contributed by atoms with van der Waals surface area (Å²) in [5.41, 5.74) is 0. The Hall–Kier alpha value is -2.10. The Morgan fingerprint density at radius 2 is 0.656 bits per heavy atom. The van der Waals surface area contributed by atoms with Gasteiger partial charge in [-0.25, -0.2) is 19.9 Å². The van der Waals surface area contributed by atoms with Crippen LogP contribution in [0, 0.1) is 0 Å². The first-order valence-corrected chi connectivity index (χ1v) is 9.56. The fourth-order valence-electron chi connectivity index (χ4n) is 1.90. The normalized spacial score (nSPS) is 8.12. The van der Waals surface area contributed by atoms with Gasteiger partial charge in [0.05, 0.1) is 25.3 Å². The van der Waals surface area contributed by atoms with Gasteiger partial charge in [0.1, 0.15) is 0 Å². The number of nitrogens with zero attached hydrogens (tertiary/aromatic N) is 8. The van der Waals surface area contributed by atoms with Gasteiger partial charge in [-0.3, -0.25) is 0 Å². The van der Waals surface area contributed by atoms with Crippen molar-refractivity contribution in [1.82, 2.24) is 38.2 Å². The van der Waals surface area contributed by atoms with Gasteiger partial charge in [0.2, 0.25) is 0 Å². The Morgan fingerprint density at radius 1 is 0.469 bits per heavy atom. The monoisotopic (exact) mass is 535 g/mol. The largest absolute Gasteiger partial charge is 2.00 e. The van der Waals surface area contributed by atoms with E-state index in [0.717, 1.165) is 26.2 Å². The van der Waals surface area contributed by atoms with Crippen LogP contribution >= 0.6 is 0 Å². The molecule has 4 heterocycles. The molecule has 0 bridgehead atoms. The Balaban J connectivity index is -0.000000157. The third-order valence-corrected chi connectivity index (χ3v) is 3.70. The number of hydrogen-bond donors (Lipinski definition) is 0. The quantitative estimate of drug-likeness (QED) is 0.256. The maximum absolute atomic E-state index is 3.86. The number of hydrogen-bond acceptors (Lipinski definition) is 4. The molecule has 4 aromatic rings. The van der Waals surface area contributed by atoms with Gasteiger partial charge in [-0.15, -0.1) is 0 Å². The van der Waals surface area contributed by atoms with Crippen molar-refractivity contribution >= 4 is 0 Å². The van der Waals surface area contributed by atoms with E-state index in [0.29, 0.717) is 0 Å². The first-order chi connectivity index (χ1) is 13.7. The van der Waals surface area contributed by atoms with E-state index in [1.165, 1.54) is 0 Å². The number of aromatic nitrogens is 8. The van der Waals surface area contributed by atoms with Crippen molar-refractivity contribution in [3.63, 3.8) is 0 Å². The maximum atomic E-state index is 3.86. The predicted molar refractivity (Wildman–Crippen MR) is 115 cm³/mol. The first kappa shape index (κ1) is 37.2. The molecule has 185 valence electrons. The zero-order valence-electron chi connectivity index (χ0n) is 18.9. The Labute approximate surface area is 213 Å². The van der Waals surface area contributed by atoms with E-state index < -0.39 is 0 Å². The van der Waals surface area contributed by atoms with Gasteiger partial charge < -0.3 is 48.6 Å². The molecular formula is C20H34Cl2CuN8O. The molecule has 0 atom stereocenters. The van der Waals surface area contributed by atoms with Crippen LogP contribution in [0.1, 0.15) is 27.7 Å². The van der Waals surface area contributed by atoms with Crippen molar-refractivity contribution in [3.8, 4) is 0 Å². The van der Waals surface area contributed by atoms with Crippen LogP contribution in [0.15, 0.2) is 74.9 Å². The fourth-order valence-corrected chi connectivity index (χ4v) is 1.90. The Morgan fingerprint density at radius 3 is 0.719 bits per heavy atom. The summed E-state index contributed by atoms with van der Waals surface area (Å²) < 4.78 is 8.06. The molecule has 0 saturated heterocycles. The van der Waals surface area contributed by atoms with E-state index in [1.807, 2.05) is 43.1 Å². The molecule has 4 rings (SSSR count). The van der Waals surface area contributed by atoms with Crippen LogP contribution in [0.3, 0.4) is 0 Å². The van der Waals surface area contributed by atoms with Gasteiger partial charge in [-0.05, 0) is 27.7 Å². The number of halogens is 2. The van der Waals surface area contributed by atoms with E-state index in [1.54, 1.807) is 50.1 Å². The van der Waals surface area contributed by atoms with Gasteiger partial charge in [-0.1, -0.05) is 0 Å². The number of imidazole rings is 4. The smallest absolute Gasteiger partial charge is 1.00 e. The molecule has 2 N–H and O–H groups in total. The minimum Gasteiger partial charge on any atom is -1.00 e. The van der Waals surface area contributed by atoms with Gasteiger partial charge in [-0.2, -0.15) is 0 Å². The summed E-state index contributed by atoms with van der Waals surface area (Å²) in [5, 5.41) is 0. The topological polar surface area (TPSA) is 103 Å². The van der Waals surface area contributed by atoms with Crippen LogP contribution in [-0.2, 0) is 43.2 Å². The van der Waals surface area contributed by atoms with E-state index in [2.05, 4.69) is 47.6 Å². The molecule has 32 heavy (non-hydrogen) atoms. The average molecular weight is 537 g/mol. The van der Waals surface area contributed by atoms with Gasteiger partial charge >= 0.3 is 17.1 Å². The summed E-state index contributed by atoms with van der Waals surface area (Å²) in [6.07, 6.45) is 22.1. The summed E-state index contributed by atoms with van der Waals surface area (Å²) >= 11 is 0. The molecule has 0 aromatic carbocycles. The summed E-state index contributed by atoms with van der Waals surface area (Å²) in [5.74, 6) is 0. The molecule has 0 unspecified atom stereocenters. The molecule has 0 aliphatic heterocycles. The fraction of sp³-hybridized carbons (Fsp3) is 0.400. The molecule has 0 aliphatic carbocycles. The van der Waals surface area contributed by atoms with Crippen molar-refractivity contribution in [2.24, 2.45) is 0 Å². The summed E-state index contributed by atoms with van der Waals surface area (Å²) in [6, 6.07) is 0. The van der Waals surface area contributed by atoms with Crippen LogP contribution in [0.5, 0.6) is 0 Å². The van der Waals surface area contributed by atoms with E-state index >= 15 is 0 Å². The third-order valence-electron chi connectivity index (χ3n) is 3.70. The zero-order valence-corrected chi connectivity index (χ0v) is 21.3. The minimum atomic E-state index is 0. The number of aryl methyl sites for hydroxylation is 4. The second kappa shape index (κ2) is 25.2. The van der Waals surface area contributed by atoms with Crippen molar-refractivity contribution in [2.45, 2.75) is 53.9 Å². The summed E-state index contributed by atoms with van der Waals surface area (Å²) in [4.78, 5) is 15.4. The van der Waals surface area contributed by atoms with Crippen molar-refractivity contribution in [1.29, 1.82) is 0 Å². The predicted octanol–water partition coefficient (Wildman–Crippen LogP) is -3.21. The van der Waals surface area contributed by atoms with Crippen LogP contribution in [0.4, 0.5) is 0 Å². The minimum absolute atomic E-state index is 0. The molecule has 0 spiro atoms. The summed E-state index contributed by atoms with van der Waals surface area (Å²) in [7, 11) is 0.